The minimum atomic E-state index is -0.518. The minimum absolute atomic E-state index is 0.0985. The third kappa shape index (κ3) is 2.04. The first-order chi connectivity index (χ1) is 6.56. The topological polar surface area (TPSA) is 70.9 Å². The lowest BCUT2D eigenvalue weighted by Crippen LogP contribution is -2.37. The Morgan fingerprint density at radius 1 is 1.71 bits per heavy atom. The van der Waals surface area contributed by atoms with E-state index in [1.807, 2.05) is 0 Å². The summed E-state index contributed by atoms with van der Waals surface area (Å²) >= 11 is 0. The molecule has 0 radical (unpaired) electrons. The maximum Gasteiger partial charge on any atom is 0.358 e. The van der Waals surface area contributed by atoms with Crippen molar-refractivity contribution in [3.63, 3.8) is 0 Å². The van der Waals surface area contributed by atoms with Crippen molar-refractivity contribution in [2.45, 2.75) is 26.8 Å². The predicted molar refractivity (Wildman–Crippen MR) is 52.0 cm³/mol. The van der Waals surface area contributed by atoms with Crippen molar-refractivity contribution < 1.29 is 14.6 Å². The molecule has 0 spiro atoms. The molecule has 0 aromatic carbocycles. The van der Waals surface area contributed by atoms with Gasteiger partial charge in [0.15, 0.2) is 5.70 Å². The smallest absolute Gasteiger partial charge is 0.358 e. The van der Waals surface area contributed by atoms with E-state index in [0.29, 0.717) is 12.3 Å². The zero-order chi connectivity index (χ0) is 10.7. The third-order valence-corrected chi connectivity index (χ3v) is 1.87. The molecule has 0 bridgehead atoms. The lowest BCUT2D eigenvalue weighted by Gasteiger charge is -2.20. The molecule has 0 amide bonds. The highest BCUT2D eigenvalue weighted by molar-refractivity contribution is 5.94. The maximum absolute atomic E-state index is 11.3. The molecular formula is C9H14N2O3. The van der Waals surface area contributed by atoms with Gasteiger partial charge in [-0.3, -0.25) is 0 Å². The number of hydrogen-bond donors (Lipinski definition) is 2. The number of allylic oxidation sites excluding steroid dienone is 1. The van der Waals surface area contributed by atoms with Gasteiger partial charge in [-0.2, -0.15) is 0 Å². The van der Waals surface area contributed by atoms with Crippen LogP contribution in [0.25, 0.3) is 0 Å². The number of ether oxygens (including phenoxy) is 1. The molecule has 5 nitrogen and oxygen atoms in total. The predicted octanol–water partition coefficient (Wildman–Crippen LogP) is 0.729. The van der Waals surface area contributed by atoms with Gasteiger partial charge >= 0.3 is 5.97 Å². The van der Waals surface area contributed by atoms with E-state index in [1.54, 1.807) is 20.8 Å². The van der Waals surface area contributed by atoms with Crippen molar-refractivity contribution >= 4 is 11.9 Å². The Bertz CT molecular complexity index is 307. The van der Waals surface area contributed by atoms with Gasteiger partial charge in [-0.25, -0.2) is 9.79 Å². The van der Waals surface area contributed by atoms with Gasteiger partial charge in [-0.15, -0.1) is 0 Å². The number of rotatable bonds is 2. The molecule has 14 heavy (non-hydrogen) atoms. The SMILES string of the molecule is CCOC(=O)C1=C(C)NC(C)C(O)=N1. The van der Waals surface area contributed by atoms with Crippen LogP contribution in [0.5, 0.6) is 0 Å². The monoisotopic (exact) mass is 198 g/mol. The fraction of sp³-hybridized carbons (Fsp3) is 0.556. The van der Waals surface area contributed by atoms with E-state index in [9.17, 15) is 9.90 Å². The van der Waals surface area contributed by atoms with Gasteiger partial charge < -0.3 is 15.2 Å². The van der Waals surface area contributed by atoms with Crippen molar-refractivity contribution in [3.05, 3.63) is 11.4 Å². The summed E-state index contributed by atoms with van der Waals surface area (Å²) in [4.78, 5) is 15.1. The van der Waals surface area contributed by atoms with E-state index in [-0.39, 0.29) is 17.6 Å². The molecule has 5 heteroatoms. The zero-order valence-electron chi connectivity index (χ0n) is 8.50. The first-order valence-corrected chi connectivity index (χ1v) is 4.48. The molecule has 1 heterocycles. The second-order valence-corrected chi connectivity index (χ2v) is 3.03. The number of esters is 1. The summed E-state index contributed by atoms with van der Waals surface area (Å²) in [6, 6.07) is -0.256. The Labute approximate surface area is 82.5 Å². The average molecular weight is 198 g/mol. The van der Waals surface area contributed by atoms with Crippen LogP contribution in [0.3, 0.4) is 0 Å². The van der Waals surface area contributed by atoms with Gasteiger partial charge in [0.1, 0.15) is 0 Å². The molecule has 1 aliphatic heterocycles. The molecule has 0 saturated heterocycles. The molecule has 0 saturated carbocycles. The van der Waals surface area contributed by atoms with Crippen LogP contribution in [-0.2, 0) is 9.53 Å². The molecule has 0 aromatic rings. The van der Waals surface area contributed by atoms with Gasteiger partial charge in [-0.05, 0) is 20.8 Å². The number of aliphatic hydroxyl groups is 1. The van der Waals surface area contributed by atoms with Crippen LogP contribution in [0.15, 0.2) is 16.4 Å². The molecule has 78 valence electrons. The summed E-state index contributed by atoms with van der Waals surface area (Å²) in [5, 5.41) is 12.2. The summed E-state index contributed by atoms with van der Waals surface area (Å²) in [6.45, 7) is 5.49. The largest absolute Gasteiger partial charge is 0.495 e. The number of carbonyl (C=O) groups excluding carboxylic acids is 1. The number of carbonyl (C=O) groups is 1. The Hall–Kier alpha value is -1.52. The van der Waals surface area contributed by atoms with Crippen molar-refractivity contribution in [2.75, 3.05) is 6.61 Å². The summed E-state index contributed by atoms with van der Waals surface area (Å²) in [7, 11) is 0. The Kier molecular flexibility index (Phi) is 3.11. The molecular weight excluding hydrogens is 184 g/mol. The van der Waals surface area contributed by atoms with Gasteiger partial charge in [0.05, 0.1) is 12.6 Å². The molecule has 1 atom stereocenters. The Balaban J connectivity index is 2.88. The van der Waals surface area contributed by atoms with Crippen LogP contribution >= 0.6 is 0 Å². The highest BCUT2D eigenvalue weighted by Crippen LogP contribution is 2.12. The lowest BCUT2D eigenvalue weighted by molar-refractivity contribution is -0.138. The Morgan fingerprint density at radius 3 is 2.93 bits per heavy atom. The van der Waals surface area contributed by atoms with Gasteiger partial charge in [0, 0.05) is 5.70 Å². The van der Waals surface area contributed by atoms with Crippen LogP contribution in [0, 0.1) is 0 Å². The standard InChI is InChI=1S/C9H14N2O3/c1-4-14-9(13)7-5(2)10-6(3)8(12)11-7/h6,10H,4H2,1-3H3,(H,11,12). The van der Waals surface area contributed by atoms with Crippen LogP contribution in [0.2, 0.25) is 0 Å². The van der Waals surface area contributed by atoms with E-state index in [1.165, 1.54) is 0 Å². The molecule has 1 unspecified atom stereocenters. The quantitative estimate of drug-likeness (QED) is 0.642. The van der Waals surface area contributed by atoms with Gasteiger partial charge in [0.2, 0.25) is 5.90 Å². The van der Waals surface area contributed by atoms with Crippen LogP contribution in [-0.4, -0.2) is 29.6 Å². The fourth-order valence-corrected chi connectivity index (χ4v) is 1.15. The highest BCUT2D eigenvalue weighted by Gasteiger charge is 2.22. The number of aliphatic hydroxyl groups excluding tert-OH is 1. The normalized spacial score (nSPS) is 21.4. The zero-order valence-corrected chi connectivity index (χ0v) is 8.50. The lowest BCUT2D eigenvalue weighted by atomic mass is 10.2. The number of nitrogens with one attached hydrogen (secondary N) is 1. The molecule has 1 aliphatic rings. The molecule has 1 rings (SSSR count). The molecule has 2 N–H and O–H groups in total. The van der Waals surface area contributed by atoms with Crippen LogP contribution in [0.4, 0.5) is 0 Å². The van der Waals surface area contributed by atoms with E-state index in [2.05, 4.69) is 10.3 Å². The minimum Gasteiger partial charge on any atom is -0.495 e. The van der Waals surface area contributed by atoms with Crippen molar-refractivity contribution in [1.29, 1.82) is 0 Å². The fourth-order valence-electron chi connectivity index (χ4n) is 1.15. The van der Waals surface area contributed by atoms with E-state index < -0.39 is 5.97 Å². The maximum atomic E-state index is 11.3. The molecule has 0 aliphatic carbocycles. The number of aliphatic imine (C=N–C) groups is 1. The molecule has 0 fully saturated rings. The van der Waals surface area contributed by atoms with Gasteiger partial charge in [0.25, 0.3) is 0 Å². The highest BCUT2D eigenvalue weighted by atomic mass is 16.5. The summed E-state index contributed by atoms with van der Waals surface area (Å²) in [5.41, 5.74) is 0.760. The first-order valence-electron chi connectivity index (χ1n) is 4.48. The van der Waals surface area contributed by atoms with E-state index in [4.69, 9.17) is 4.74 Å². The van der Waals surface area contributed by atoms with Crippen LogP contribution < -0.4 is 5.32 Å². The summed E-state index contributed by atoms with van der Waals surface area (Å²) in [6.07, 6.45) is 0. The van der Waals surface area contributed by atoms with E-state index in [0.717, 1.165) is 0 Å². The van der Waals surface area contributed by atoms with Crippen molar-refractivity contribution in [3.8, 4) is 0 Å². The van der Waals surface area contributed by atoms with Crippen LogP contribution in [0.1, 0.15) is 20.8 Å². The number of nitrogens with zero attached hydrogens (tertiary/aromatic N) is 1. The summed E-state index contributed by atoms with van der Waals surface area (Å²) in [5.74, 6) is -0.616. The third-order valence-electron chi connectivity index (χ3n) is 1.87. The van der Waals surface area contributed by atoms with E-state index >= 15 is 0 Å². The molecule has 0 aromatic heterocycles. The summed E-state index contributed by atoms with van der Waals surface area (Å²) < 4.78 is 4.78. The van der Waals surface area contributed by atoms with Crippen molar-refractivity contribution in [1.82, 2.24) is 5.32 Å². The average Bonchev–Trinajstić information content (AvgIpc) is 2.11. The second kappa shape index (κ2) is 4.13. The first kappa shape index (κ1) is 10.6. The Morgan fingerprint density at radius 2 is 2.36 bits per heavy atom. The number of hydrogen-bond acceptors (Lipinski definition) is 4. The van der Waals surface area contributed by atoms with Gasteiger partial charge in [-0.1, -0.05) is 0 Å². The second-order valence-electron chi connectivity index (χ2n) is 3.03. The van der Waals surface area contributed by atoms with Crippen molar-refractivity contribution in [2.24, 2.45) is 4.99 Å².